The lowest BCUT2D eigenvalue weighted by atomic mass is 10.9. The van der Waals surface area contributed by atoms with E-state index in [1.165, 1.54) is 6.92 Å². The quantitative estimate of drug-likeness (QED) is 0.466. The molecule has 5 heteroatoms. The largest absolute Gasteiger partial charge is 0.316 e. The Bertz CT molecular complexity index is 157. The zero-order chi connectivity index (χ0) is 5.91. The summed E-state index contributed by atoms with van der Waals surface area (Å²) < 4.78 is 22.5. The Morgan fingerprint density at radius 1 is 1.71 bits per heavy atom. The summed E-state index contributed by atoms with van der Waals surface area (Å²) in [5.41, 5.74) is 0. The molecule has 4 nitrogen and oxygen atoms in total. The summed E-state index contributed by atoms with van der Waals surface area (Å²) in [6, 6.07) is 0. The van der Waals surface area contributed by atoms with Crippen LogP contribution in [0.15, 0.2) is 4.40 Å². The van der Waals surface area contributed by atoms with Gasteiger partial charge in [0.2, 0.25) is 0 Å². The van der Waals surface area contributed by atoms with E-state index in [1.807, 2.05) is 0 Å². The number of hydrogen-bond acceptors (Lipinski definition) is 2. The van der Waals surface area contributed by atoms with Gasteiger partial charge >= 0.3 is 10.2 Å². The minimum atomic E-state index is -3.60. The van der Waals surface area contributed by atoms with Crippen LogP contribution in [0.3, 0.4) is 0 Å². The SMILES string of the molecule is CC=NS(N)(=O)=O. The second-order valence-electron chi connectivity index (χ2n) is 0.879. The molecule has 0 bridgehead atoms. The lowest BCUT2D eigenvalue weighted by molar-refractivity contribution is 0.600. The number of nitrogens with zero attached hydrogens (tertiary/aromatic N) is 1. The molecular formula is C2H6N2O2S. The van der Waals surface area contributed by atoms with E-state index in [4.69, 9.17) is 0 Å². The van der Waals surface area contributed by atoms with E-state index < -0.39 is 10.2 Å². The van der Waals surface area contributed by atoms with Crippen LogP contribution >= 0.6 is 0 Å². The first-order valence-electron chi connectivity index (χ1n) is 1.59. The summed E-state index contributed by atoms with van der Waals surface area (Å²) in [6.07, 6.45) is 1.12. The van der Waals surface area contributed by atoms with Gasteiger partial charge in [0.15, 0.2) is 0 Å². The van der Waals surface area contributed by atoms with Gasteiger partial charge in [-0.3, -0.25) is 0 Å². The molecule has 0 aliphatic rings. The smallest absolute Gasteiger partial charge is 0.210 e. The van der Waals surface area contributed by atoms with Crippen LogP contribution in [0.4, 0.5) is 0 Å². The van der Waals surface area contributed by atoms with Crippen molar-refractivity contribution in [3.8, 4) is 0 Å². The first kappa shape index (κ1) is 6.58. The molecule has 0 saturated carbocycles. The Morgan fingerprint density at radius 2 is 2.14 bits per heavy atom. The molecular weight excluding hydrogens is 116 g/mol. The maximum atomic E-state index is 9.81. The number of hydrogen-bond donors (Lipinski definition) is 1. The van der Waals surface area contributed by atoms with Crippen molar-refractivity contribution in [2.24, 2.45) is 9.54 Å². The van der Waals surface area contributed by atoms with Crippen LogP contribution in [0.25, 0.3) is 0 Å². The van der Waals surface area contributed by atoms with E-state index in [2.05, 4.69) is 9.54 Å². The van der Waals surface area contributed by atoms with E-state index in [0.29, 0.717) is 0 Å². The predicted octanol–water partition coefficient (Wildman–Crippen LogP) is -0.719. The van der Waals surface area contributed by atoms with Crippen LogP contribution in [0, 0.1) is 0 Å². The minimum Gasteiger partial charge on any atom is -0.210 e. The fourth-order valence-corrected chi connectivity index (χ4v) is 0.441. The van der Waals surface area contributed by atoms with Crippen molar-refractivity contribution in [1.82, 2.24) is 0 Å². The number of nitrogens with two attached hydrogens (primary N) is 1. The van der Waals surface area contributed by atoms with Gasteiger partial charge in [-0.05, 0) is 6.92 Å². The van der Waals surface area contributed by atoms with Crippen molar-refractivity contribution >= 4 is 16.4 Å². The third-order valence-corrected chi connectivity index (χ3v) is 0.757. The highest BCUT2D eigenvalue weighted by atomic mass is 32.2. The highest BCUT2D eigenvalue weighted by Gasteiger charge is 1.88. The molecule has 0 saturated heterocycles. The second kappa shape index (κ2) is 2.04. The molecule has 0 heterocycles. The van der Waals surface area contributed by atoms with Gasteiger partial charge in [-0.2, -0.15) is 12.8 Å². The van der Waals surface area contributed by atoms with E-state index in [9.17, 15) is 8.42 Å². The summed E-state index contributed by atoms with van der Waals surface area (Å²) in [5.74, 6) is 0. The Balaban J connectivity index is 4.13. The molecule has 42 valence electrons. The predicted molar refractivity (Wildman–Crippen MR) is 27.3 cm³/mol. The molecule has 0 rings (SSSR count). The van der Waals surface area contributed by atoms with Gasteiger partial charge in [0.25, 0.3) is 0 Å². The first-order chi connectivity index (χ1) is 3.06. The fraction of sp³-hybridized carbons (Fsp3) is 0.500. The molecule has 0 aromatic carbocycles. The van der Waals surface area contributed by atoms with E-state index in [0.717, 1.165) is 6.21 Å². The van der Waals surface area contributed by atoms with Crippen molar-refractivity contribution in [1.29, 1.82) is 0 Å². The lowest BCUT2D eigenvalue weighted by Crippen LogP contribution is -2.07. The first-order valence-corrected chi connectivity index (χ1v) is 3.09. The summed E-state index contributed by atoms with van der Waals surface area (Å²) in [6.45, 7) is 1.48. The molecule has 0 amide bonds. The van der Waals surface area contributed by atoms with Crippen LogP contribution in [-0.2, 0) is 10.2 Å². The highest BCUT2D eigenvalue weighted by Crippen LogP contribution is 1.72. The molecule has 2 N–H and O–H groups in total. The van der Waals surface area contributed by atoms with Crippen LogP contribution < -0.4 is 5.14 Å². The Kier molecular flexibility index (Phi) is 1.91. The van der Waals surface area contributed by atoms with E-state index in [1.54, 1.807) is 0 Å². The van der Waals surface area contributed by atoms with Gasteiger partial charge in [-0.25, -0.2) is 5.14 Å². The van der Waals surface area contributed by atoms with Crippen LogP contribution in [0.5, 0.6) is 0 Å². The average Bonchev–Trinajstić information content (AvgIpc) is 1.30. The topological polar surface area (TPSA) is 72.5 Å². The molecule has 0 aliphatic heterocycles. The van der Waals surface area contributed by atoms with Gasteiger partial charge in [-0.15, -0.1) is 0 Å². The van der Waals surface area contributed by atoms with Crippen molar-refractivity contribution in [3.63, 3.8) is 0 Å². The monoisotopic (exact) mass is 122 g/mol. The maximum Gasteiger partial charge on any atom is 0.316 e. The summed E-state index contributed by atoms with van der Waals surface area (Å²) in [5, 5.41) is 4.42. The third kappa shape index (κ3) is 5.58. The van der Waals surface area contributed by atoms with Gasteiger partial charge in [0.1, 0.15) is 0 Å². The highest BCUT2D eigenvalue weighted by molar-refractivity contribution is 7.87. The normalized spacial score (nSPS) is 12.9. The molecule has 7 heavy (non-hydrogen) atoms. The van der Waals surface area contributed by atoms with E-state index >= 15 is 0 Å². The zero-order valence-corrected chi connectivity index (χ0v) is 4.64. The summed E-state index contributed by atoms with van der Waals surface area (Å²) in [4.78, 5) is 0. The Morgan fingerprint density at radius 3 is 2.14 bits per heavy atom. The molecule has 0 aromatic rings. The molecule has 0 aromatic heterocycles. The molecule has 0 unspecified atom stereocenters. The summed E-state index contributed by atoms with van der Waals surface area (Å²) in [7, 11) is -3.60. The summed E-state index contributed by atoms with van der Waals surface area (Å²) >= 11 is 0. The van der Waals surface area contributed by atoms with Crippen LogP contribution in [-0.4, -0.2) is 14.6 Å². The van der Waals surface area contributed by atoms with Crippen LogP contribution in [0.1, 0.15) is 6.92 Å². The maximum absolute atomic E-state index is 9.81. The van der Waals surface area contributed by atoms with Crippen molar-refractivity contribution in [2.45, 2.75) is 6.92 Å². The molecule has 0 radical (unpaired) electrons. The van der Waals surface area contributed by atoms with Gasteiger partial charge in [0.05, 0.1) is 0 Å². The minimum absolute atomic E-state index is 1.12. The van der Waals surface area contributed by atoms with Gasteiger partial charge in [-0.1, -0.05) is 0 Å². The van der Waals surface area contributed by atoms with Crippen molar-refractivity contribution in [2.75, 3.05) is 0 Å². The standard InChI is InChI=1S/C2H6N2O2S/c1-2-4-7(3,5)6/h2H,1H3,(H2,3,5,6). The third-order valence-electron chi connectivity index (χ3n) is 0.252. The second-order valence-corrected chi connectivity index (χ2v) is 2.12. The van der Waals surface area contributed by atoms with Gasteiger partial charge < -0.3 is 0 Å². The molecule has 0 aliphatic carbocycles. The van der Waals surface area contributed by atoms with E-state index in [-0.39, 0.29) is 0 Å². The lowest BCUT2D eigenvalue weighted by Gasteiger charge is -1.78. The fourth-order valence-electron chi connectivity index (χ4n) is 0.147. The molecule has 0 atom stereocenters. The number of rotatable bonds is 1. The molecule has 0 spiro atoms. The Hall–Kier alpha value is -0.420. The zero-order valence-electron chi connectivity index (χ0n) is 3.83. The average molecular weight is 122 g/mol. The van der Waals surface area contributed by atoms with Crippen LogP contribution in [0.2, 0.25) is 0 Å². The van der Waals surface area contributed by atoms with Gasteiger partial charge in [0, 0.05) is 6.21 Å². The Labute approximate surface area is 42.2 Å². The van der Waals surface area contributed by atoms with Crippen molar-refractivity contribution < 1.29 is 8.42 Å². The molecule has 0 fully saturated rings. The van der Waals surface area contributed by atoms with Crippen molar-refractivity contribution in [3.05, 3.63) is 0 Å².